The second-order valence-electron chi connectivity index (χ2n) is 11.3. The fraction of sp³-hybridized carbons (Fsp3) is 0.419. The number of aryl methyl sites for hydroxylation is 1. The van der Waals surface area contributed by atoms with Crippen LogP contribution in [0.1, 0.15) is 28.4 Å². The smallest absolute Gasteiger partial charge is 0.325 e. The minimum Gasteiger partial charge on any atom is -0.493 e. The Morgan fingerprint density at radius 2 is 1.82 bits per heavy atom. The summed E-state index contributed by atoms with van der Waals surface area (Å²) in [6, 6.07) is 12.4. The Morgan fingerprint density at radius 3 is 2.60 bits per heavy atom. The van der Waals surface area contributed by atoms with E-state index in [9.17, 15) is 24.0 Å². The van der Waals surface area contributed by atoms with Gasteiger partial charge in [0.1, 0.15) is 13.2 Å². The highest BCUT2D eigenvalue weighted by Gasteiger charge is 2.42. The maximum atomic E-state index is 13.8. The number of para-hydroxylation sites is 1. The molecule has 0 aliphatic carbocycles. The van der Waals surface area contributed by atoms with Crippen molar-refractivity contribution in [1.82, 2.24) is 35.1 Å². The van der Waals surface area contributed by atoms with E-state index in [2.05, 4.69) is 15.7 Å². The first-order valence-electron chi connectivity index (χ1n) is 14.9. The molecule has 2 fully saturated rings. The zero-order chi connectivity index (χ0) is 31.7. The van der Waals surface area contributed by atoms with Crippen LogP contribution < -0.4 is 20.1 Å². The van der Waals surface area contributed by atoms with Crippen molar-refractivity contribution in [2.45, 2.75) is 12.3 Å². The van der Waals surface area contributed by atoms with Gasteiger partial charge in [-0.05, 0) is 30.2 Å². The molecule has 4 heterocycles. The summed E-state index contributed by atoms with van der Waals surface area (Å²) in [6.45, 7) is 0.894. The first-order valence-corrected chi connectivity index (χ1v) is 14.9. The molecule has 2 aromatic carbocycles. The first-order chi connectivity index (χ1) is 21.7. The standard InChI is InChI=1S/C31H35N7O7/c1-35-23-7-4-3-6-20(23)28(34-35)30(42)37-16-21-19-8-9-24(44-2)25(14-19)45-13-12-36(11-5-10-32-29(41)22(21)17-37)27(40)18-38-26(39)15-33-31(38)43/h3-4,6-9,14,21-22H,5,10-13,15-18H2,1-2H3,(H,32,41)(H,33,43)/t21-,22+/m1/s1. The highest BCUT2D eigenvalue weighted by molar-refractivity contribution is 6.05. The largest absolute Gasteiger partial charge is 0.493 e. The van der Waals surface area contributed by atoms with Crippen molar-refractivity contribution in [3.05, 3.63) is 53.7 Å². The number of carbonyl (C=O) groups is 5. The molecule has 0 spiro atoms. The van der Waals surface area contributed by atoms with Crippen molar-refractivity contribution in [2.75, 3.05) is 59.5 Å². The summed E-state index contributed by atoms with van der Waals surface area (Å²) in [5.74, 6) is -1.23. The number of likely N-dealkylation sites (tertiary alicyclic amines) is 1. The SMILES string of the molecule is COc1ccc2cc1OCCN(C(=O)CN1C(=O)CNC1=O)CCCNC(=O)[C@H]1CN(C(=O)c3nn(C)c4ccccc34)C[C@H]21. The maximum Gasteiger partial charge on any atom is 0.325 e. The number of aromatic nitrogens is 2. The van der Waals surface area contributed by atoms with Crippen molar-refractivity contribution < 1.29 is 33.4 Å². The average Bonchev–Trinajstić information content (AvgIpc) is 3.73. The van der Waals surface area contributed by atoms with Gasteiger partial charge in [-0.3, -0.25) is 28.8 Å². The number of benzene rings is 2. The summed E-state index contributed by atoms with van der Waals surface area (Å²) in [7, 11) is 3.32. The van der Waals surface area contributed by atoms with Crippen LogP contribution in [-0.4, -0.2) is 114 Å². The maximum absolute atomic E-state index is 13.8. The number of nitrogens with zero attached hydrogens (tertiary/aromatic N) is 5. The number of amides is 6. The van der Waals surface area contributed by atoms with Crippen LogP contribution in [0.2, 0.25) is 0 Å². The molecule has 0 radical (unpaired) electrons. The van der Waals surface area contributed by atoms with E-state index in [0.717, 1.165) is 21.4 Å². The van der Waals surface area contributed by atoms with Gasteiger partial charge in [-0.25, -0.2) is 4.79 Å². The third-order valence-corrected chi connectivity index (χ3v) is 8.63. The molecule has 0 unspecified atom stereocenters. The van der Waals surface area contributed by atoms with Gasteiger partial charge in [-0.2, -0.15) is 5.10 Å². The van der Waals surface area contributed by atoms with Crippen LogP contribution in [0, 0.1) is 5.92 Å². The van der Waals surface area contributed by atoms with Crippen molar-refractivity contribution >= 4 is 40.6 Å². The molecule has 2 saturated heterocycles. The molecule has 0 saturated carbocycles. The van der Waals surface area contributed by atoms with Crippen LogP contribution in [0.15, 0.2) is 42.5 Å². The van der Waals surface area contributed by atoms with E-state index in [1.165, 1.54) is 12.0 Å². The summed E-state index contributed by atoms with van der Waals surface area (Å²) in [5, 5.41) is 10.7. The Balaban J connectivity index is 1.24. The van der Waals surface area contributed by atoms with E-state index in [-0.39, 0.29) is 57.1 Å². The van der Waals surface area contributed by atoms with Crippen molar-refractivity contribution in [3.8, 4) is 11.5 Å². The van der Waals surface area contributed by atoms with Crippen molar-refractivity contribution in [1.29, 1.82) is 0 Å². The highest BCUT2D eigenvalue weighted by atomic mass is 16.5. The van der Waals surface area contributed by atoms with Gasteiger partial charge < -0.3 is 29.9 Å². The summed E-state index contributed by atoms with van der Waals surface area (Å²) >= 11 is 0. The molecule has 2 bridgehead atoms. The molecule has 3 aliphatic heterocycles. The minimum absolute atomic E-state index is 0.128. The molecular weight excluding hydrogens is 582 g/mol. The summed E-state index contributed by atoms with van der Waals surface area (Å²) in [4.78, 5) is 68.7. The van der Waals surface area contributed by atoms with Gasteiger partial charge >= 0.3 is 6.03 Å². The van der Waals surface area contributed by atoms with Gasteiger partial charge in [0.05, 0.1) is 31.6 Å². The molecule has 3 aromatic rings. The van der Waals surface area contributed by atoms with Gasteiger partial charge in [-0.15, -0.1) is 0 Å². The molecule has 45 heavy (non-hydrogen) atoms. The number of imide groups is 1. The summed E-state index contributed by atoms with van der Waals surface area (Å²) < 4.78 is 13.3. The van der Waals surface area contributed by atoms with E-state index in [0.29, 0.717) is 36.7 Å². The molecule has 2 atom stereocenters. The Kier molecular flexibility index (Phi) is 8.28. The van der Waals surface area contributed by atoms with Crippen LogP contribution in [-0.2, 0) is 21.4 Å². The van der Waals surface area contributed by atoms with Gasteiger partial charge in [-0.1, -0.05) is 24.3 Å². The quantitative estimate of drug-likeness (QED) is 0.406. The van der Waals surface area contributed by atoms with Crippen LogP contribution in [0.5, 0.6) is 11.5 Å². The number of hydrogen-bond acceptors (Lipinski definition) is 8. The van der Waals surface area contributed by atoms with Crippen LogP contribution in [0.4, 0.5) is 4.79 Å². The molecule has 6 amide bonds. The molecule has 14 nitrogen and oxygen atoms in total. The molecular formula is C31H35N7O7. The predicted octanol–water partition coefficient (Wildman–Crippen LogP) is 0.717. The number of hydrogen-bond donors (Lipinski definition) is 2. The number of nitrogens with one attached hydrogen (secondary N) is 2. The van der Waals surface area contributed by atoms with Crippen LogP contribution in [0.3, 0.4) is 0 Å². The van der Waals surface area contributed by atoms with Crippen LogP contribution in [0.25, 0.3) is 10.9 Å². The second-order valence-corrected chi connectivity index (χ2v) is 11.3. The van der Waals surface area contributed by atoms with Crippen LogP contribution >= 0.6 is 0 Å². The lowest BCUT2D eigenvalue weighted by atomic mass is 9.88. The van der Waals surface area contributed by atoms with E-state index >= 15 is 0 Å². The number of ether oxygens (including phenoxy) is 2. The topological polar surface area (TPSA) is 155 Å². The highest BCUT2D eigenvalue weighted by Crippen LogP contribution is 2.38. The second kappa shape index (κ2) is 12.5. The lowest BCUT2D eigenvalue weighted by Gasteiger charge is -2.26. The molecule has 6 rings (SSSR count). The lowest BCUT2D eigenvalue weighted by Crippen LogP contribution is -2.45. The summed E-state index contributed by atoms with van der Waals surface area (Å²) in [5.41, 5.74) is 2.00. The Labute approximate surface area is 259 Å². The summed E-state index contributed by atoms with van der Waals surface area (Å²) in [6.07, 6.45) is 0.437. The van der Waals surface area contributed by atoms with E-state index < -0.39 is 23.8 Å². The van der Waals surface area contributed by atoms with Gasteiger partial charge in [0.25, 0.3) is 11.8 Å². The first kappa shape index (κ1) is 29.9. The van der Waals surface area contributed by atoms with Gasteiger partial charge in [0, 0.05) is 44.5 Å². The Bertz CT molecular complexity index is 1650. The third-order valence-electron chi connectivity index (χ3n) is 8.63. The van der Waals surface area contributed by atoms with Gasteiger partial charge in [0.2, 0.25) is 11.8 Å². The fourth-order valence-corrected chi connectivity index (χ4v) is 6.22. The number of fused-ring (bicyclic) bond motifs is 5. The van der Waals surface area contributed by atoms with E-state index in [4.69, 9.17) is 9.47 Å². The normalized spacial score (nSPS) is 20.8. The Hall–Kier alpha value is -5.14. The van der Waals surface area contributed by atoms with Gasteiger partial charge in [0.15, 0.2) is 17.2 Å². The van der Waals surface area contributed by atoms with Crippen molar-refractivity contribution in [2.24, 2.45) is 13.0 Å². The number of carbonyl (C=O) groups excluding carboxylic acids is 5. The fourth-order valence-electron chi connectivity index (χ4n) is 6.22. The van der Waals surface area contributed by atoms with E-state index in [1.807, 2.05) is 36.4 Å². The molecule has 14 heteroatoms. The number of urea groups is 1. The van der Waals surface area contributed by atoms with Crippen molar-refractivity contribution in [3.63, 3.8) is 0 Å². The molecule has 1 aromatic heterocycles. The zero-order valence-electron chi connectivity index (χ0n) is 25.2. The zero-order valence-corrected chi connectivity index (χ0v) is 25.2. The molecule has 2 N–H and O–H groups in total. The predicted molar refractivity (Wildman–Crippen MR) is 161 cm³/mol. The Morgan fingerprint density at radius 1 is 1.02 bits per heavy atom. The minimum atomic E-state index is -0.601. The molecule has 236 valence electrons. The average molecular weight is 618 g/mol. The third kappa shape index (κ3) is 5.87. The lowest BCUT2D eigenvalue weighted by molar-refractivity contribution is -0.136. The number of methoxy groups -OCH3 is 1. The molecule has 3 aliphatic rings. The van der Waals surface area contributed by atoms with E-state index in [1.54, 1.807) is 22.7 Å². The number of rotatable bonds is 4. The monoisotopic (exact) mass is 617 g/mol.